The van der Waals surface area contributed by atoms with Crippen molar-refractivity contribution in [3.8, 4) is 11.1 Å². The van der Waals surface area contributed by atoms with Crippen LogP contribution in [-0.2, 0) is 36.5 Å². The number of halogens is 3. The first-order chi connectivity index (χ1) is 24.1. The molecule has 0 saturated carbocycles. The van der Waals surface area contributed by atoms with Crippen LogP contribution in [0.1, 0.15) is 61.8 Å². The number of rotatable bonds is 6. The summed E-state index contributed by atoms with van der Waals surface area (Å²) in [5, 5.41) is 0. The Morgan fingerprint density at radius 1 is 0.902 bits per heavy atom. The number of nitrogens with zero attached hydrogens (tertiary/aromatic N) is 3. The van der Waals surface area contributed by atoms with Crippen LogP contribution in [0.5, 0.6) is 0 Å². The van der Waals surface area contributed by atoms with Gasteiger partial charge < -0.3 is 14.4 Å². The zero-order valence-electron chi connectivity index (χ0n) is 28.9. The largest absolute Gasteiger partial charge is 0.459 e. The van der Waals surface area contributed by atoms with Gasteiger partial charge >= 0.3 is 18.2 Å². The van der Waals surface area contributed by atoms with Crippen LogP contribution in [0, 0.1) is 0 Å². The predicted octanol–water partition coefficient (Wildman–Crippen LogP) is 6.73. The summed E-state index contributed by atoms with van der Waals surface area (Å²) >= 11 is 0. The summed E-state index contributed by atoms with van der Waals surface area (Å²) in [5.41, 5.74) is 2.65. The maximum atomic E-state index is 14.3. The highest BCUT2D eigenvalue weighted by molar-refractivity contribution is 6.05. The lowest BCUT2D eigenvalue weighted by molar-refractivity contribution is -0.154. The highest BCUT2D eigenvalue weighted by Crippen LogP contribution is 2.44. The van der Waals surface area contributed by atoms with E-state index in [2.05, 4.69) is 0 Å². The molecule has 9 nitrogen and oxygen atoms in total. The van der Waals surface area contributed by atoms with Gasteiger partial charge in [0, 0.05) is 31.6 Å². The summed E-state index contributed by atoms with van der Waals surface area (Å²) in [5.74, 6) is -2.23. The van der Waals surface area contributed by atoms with Crippen molar-refractivity contribution in [3.05, 3.63) is 101 Å². The molecule has 3 aromatic carbocycles. The number of amides is 3. The Morgan fingerprint density at radius 2 is 1.55 bits per heavy atom. The van der Waals surface area contributed by atoms with Crippen LogP contribution in [0.4, 0.5) is 23.7 Å². The molecule has 3 aromatic rings. The number of anilines is 1. The van der Waals surface area contributed by atoms with E-state index in [1.54, 1.807) is 26.8 Å². The molecular formula is C39H40F3N3O6. The SMILES string of the molecule is CN(C(=O)OCC1c2ccccc2-c2ccccc21)[C@H]1CC/C=C\CN([C@H]2Cc3ccc(C(F)(F)F)cc3N(CC(=O)OC(C)(C)C)C2=O)C1=O. The molecule has 1 aliphatic carbocycles. The molecule has 0 saturated heterocycles. The number of allylic oxidation sites excluding steroid dienone is 1. The van der Waals surface area contributed by atoms with E-state index in [9.17, 15) is 32.3 Å². The Balaban J connectivity index is 1.24. The lowest BCUT2D eigenvalue weighted by atomic mass is 9.93. The van der Waals surface area contributed by atoms with Gasteiger partial charge in [-0.15, -0.1) is 0 Å². The van der Waals surface area contributed by atoms with Crippen molar-refractivity contribution in [2.24, 2.45) is 0 Å². The van der Waals surface area contributed by atoms with Gasteiger partial charge in [-0.25, -0.2) is 4.79 Å². The molecule has 0 aromatic heterocycles. The third kappa shape index (κ3) is 7.36. The minimum atomic E-state index is -4.69. The molecule has 0 bridgehead atoms. The summed E-state index contributed by atoms with van der Waals surface area (Å²) in [4.78, 5) is 58.5. The number of esters is 1. The van der Waals surface area contributed by atoms with Gasteiger partial charge in [-0.1, -0.05) is 66.7 Å². The Hall–Kier alpha value is -5.13. The van der Waals surface area contributed by atoms with Crippen molar-refractivity contribution in [3.63, 3.8) is 0 Å². The second-order valence-electron chi connectivity index (χ2n) is 14.0. The first kappa shape index (κ1) is 35.7. The molecule has 51 heavy (non-hydrogen) atoms. The number of hydrogen-bond acceptors (Lipinski definition) is 6. The molecule has 0 spiro atoms. The van der Waals surface area contributed by atoms with E-state index in [4.69, 9.17) is 9.47 Å². The van der Waals surface area contributed by atoms with Crippen molar-refractivity contribution in [1.29, 1.82) is 0 Å². The highest BCUT2D eigenvalue weighted by atomic mass is 19.4. The van der Waals surface area contributed by atoms with E-state index in [0.717, 1.165) is 39.3 Å². The van der Waals surface area contributed by atoms with E-state index in [-0.39, 0.29) is 37.6 Å². The predicted molar refractivity (Wildman–Crippen MR) is 184 cm³/mol. The third-order valence-electron chi connectivity index (χ3n) is 9.49. The average molecular weight is 704 g/mol. The second kappa shape index (κ2) is 13.9. The second-order valence-corrected chi connectivity index (χ2v) is 14.0. The molecule has 0 N–H and O–H groups in total. The fraction of sp³-hybridized carbons (Fsp3) is 0.385. The van der Waals surface area contributed by atoms with E-state index >= 15 is 0 Å². The van der Waals surface area contributed by atoms with E-state index in [1.165, 1.54) is 22.9 Å². The van der Waals surface area contributed by atoms with Gasteiger partial charge in [0.25, 0.3) is 5.91 Å². The topological polar surface area (TPSA) is 96.5 Å². The number of alkyl halides is 3. The lowest BCUT2D eigenvalue weighted by Gasteiger charge is -2.41. The Morgan fingerprint density at radius 3 is 2.18 bits per heavy atom. The molecule has 268 valence electrons. The molecule has 0 unspecified atom stereocenters. The van der Waals surface area contributed by atoms with Gasteiger partial charge in [0.1, 0.15) is 30.8 Å². The van der Waals surface area contributed by atoms with Gasteiger partial charge in [-0.2, -0.15) is 13.2 Å². The van der Waals surface area contributed by atoms with Crippen LogP contribution in [0.15, 0.2) is 78.9 Å². The van der Waals surface area contributed by atoms with Gasteiger partial charge in [0.2, 0.25) is 5.91 Å². The number of carbonyl (C=O) groups excluding carboxylic acids is 4. The molecule has 12 heteroatoms. The fourth-order valence-electron chi connectivity index (χ4n) is 7.10. The van der Waals surface area contributed by atoms with Gasteiger partial charge in [-0.05, 0) is 73.6 Å². The number of ether oxygens (including phenoxy) is 2. The highest BCUT2D eigenvalue weighted by Gasteiger charge is 2.44. The van der Waals surface area contributed by atoms with Crippen LogP contribution in [0.3, 0.4) is 0 Å². The van der Waals surface area contributed by atoms with E-state index < -0.39 is 59.8 Å². The Bertz CT molecular complexity index is 1840. The van der Waals surface area contributed by atoms with Crippen LogP contribution in [-0.4, -0.2) is 78.1 Å². The normalized spacial score (nSPS) is 19.7. The van der Waals surface area contributed by atoms with Gasteiger partial charge in [-0.3, -0.25) is 24.2 Å². The Kier molecular flexibility index (Phi) is 9.71. The minimum Gasteiger partial charge on any atom is -0.459 e. The molecule has 0 radical (unpaired) electrons. The summed E-state index contributed by atoms with van der Waals surface area (Å²) in [7, 11) is 1.48. The van der Waals surface area contributed by atoms with Gasteiger partial charge in [0.05, 0.1) is 5.56 Å². The van der Waals surface area contributed by atoms with Crippen LogP contribution in [0.2, 0.25) is 0 Å². The molecule has 2 atom stereocenters. The minimum absolute atomic E-state index is 0.0144. The molecular weight excluding hydrogens is 663 g/mol. The molecule has 2 aliphatic heterocycles. The lowest BCUT2D eigenvalue weighted by Crippen LogP contribution is -2.60. The average Bonchev–Trinajstić information content (AvgIpc) is 3.39. The zero-order valence-corrected chi connectivity index (χ0v) is 28.9. The zero-order chi connectivity index (χ0) is 36.7. The molecule has 3 amide bonds. The quantitative estimate of drug-likeness (QED) is 0.209. The summed E-state index contributed by atoms with van der Waals surface area (Å²) in [6.45, 7) is 4.33. The smallest absolute Gasteiger partial charge is 0.416 e. The number of fused-ring (bicyclic) bond motifs is 4. The molecule has 6 rings (SSSR count). The van der Waals surface area contributed by atoms with Crippen molar-refractivity contribution < 1.29 is 41.8 Å². The third-order valence-corrected chi connectivity index (χ3v) is 9.49. The maximum absolute atomic E-state index is 14.3. The number of likely N-dealkylation sites (N-methyl/N-ethyl adjacent to an activating group) is 1. The van der Waals surface area contributed by atoms with Gasteiger partial charge in [0.15, 0.2) is 0 Å². The first-order valence-corrected chi connectivity index (χ1v) is 16.9. The summed E-state index contributed by atoms with van der Waals surface area (Å²) in [6.07, 6.45) is -1.14. The monoisotopic (exact) mass is 703 g/mol. The standard InChI is InChI=1S/C39H40F3N3O6/c1-38(2,3)51-34(46)22-45-32-21-25(39(40,41)42)18-17-24(32)20-33(36(45)48)44-19-11-5-6-16-31(35(44)47)43(4)37(49)50-23-30-28-14-9-7-12-26(28)27-13-8-10-15-29(27)30/h5,7-15,17-18,21,30-31,33H,6,16,19-20,22-23H2,1-4H3/b11-5-/t31-,33-/m0/s1. The molecule has 2 heterocycles. The maximum Gasteiger partial charge on any atom is 0.416 e. The van der Waals surface area contributed by atoms with E-state index in [0.29, 0.717) is 12.0 Å². The van der Waals surface area contributed by atoms with Crippen molar-refractivity contribution in [2.45, 2.75) is 69.8 Å². The van der Waals surface area contributed by atoms with Crippen LogP contribution >= 0.6 is 0 Å². The number of hydrogen-bond donors (Lipinski definition) is 0. The van der Waals surface area contributed by atoms with Crippen molar-refractivity contribution in [2.75, 3.05) is 31.6 Å². The molecule has 3 aliphatic rings. The number of carbonyl (C=O) groups is 4. The van der Waals surface area contributed by atoms with Crippen molar-refractivity contribution >= 4 is 29.6 Å². The summed E-state index contributed by atoms with van der Waals surface area (Å²) in [6, 6.07) is 16.8. The number of benzene rings is 3. The fourth-order valence-corrected chi connectivity index (χ4v) is 7.10. The van der Waals surface area contributed by atoms with E-state index in [1.807, 2.05) is 54.6 Å². The molecule has 0 fully saturated rings. The van der Waals surface area contributed by atoms with Crippen LogP contribution < -0.4 is 4.90 Å². The van der Waals surface area contributed by atoms with Crippen molar-refractivity contribution in [1.82, 2.24) is 9.80 Å². The van der Waals surface area contributed by atoms with Crippen LogP contribution in [0.25, 0.3) is 11.1 Å². The Labute approximate surface area is 294 Å². The first-order valence-electron chi connectivity index (χ1n) is 16.9. The summed E-state index contributed by atoms with van der Waals surface area (Å²) < 4.78 is 52.4.